The lowest BCUT2D eigenvalue weighted by Gasteiger charge is -2.10. The summed E-state index contributed by atoms with van der Waals surface area (Å²) in [4.78, 5) is 12.4. The molecular formula is C20H20N4O2. The second-order valence-corrected chi connectivity index (χ2v) is 5.88. The smallest absolute Gasteiger partial charge is 0.260 e. The van der Waals surface area contributed by atoms with Gasteiger partial charge in [0.05, 0.1) is 12.7 Å². The summed E-state index contributed by atoms with van der Waals surface area (Å²) in [6.07, 6.45) is 0. The predicted molar refractivity (Wildman–Crippen MR) is 102 cm³/mol. The van der Waals surface area contributed by atoms with Crippen LogP contribution in [0.5, 0.6) is 5.75 Å². The van der Waals surface area contributed by atoms with Gasteiger partial charge >= 0.3 is 0 Å². The molecule has 0 fully saturated rings. The zero-order valence-corrected chi connectivity index (χ0v) is 14.9. The van der Waals surface area contributed by atoms with Gasteiger partial charge in [0.15, 0.2) is 11.6 Å². The fraction of sp³-hybridized carbons (Fsp3) is 0.150. The number of carbonyl (C=O) groups is 1. The molecular weight excluding hydrogens is 328 g/mol. The molecule has 3 rings (SSSR count). The van der Waals surface area contributed by atoms with E-state index in [-0.39, 0.29) is 5.91 Å². The summed E-state index contributed by atoms with van der Waals surface area (Å²) >= 11 is 0. The minimum Gasteiger partial charge on any atom is -0.496 e. The number of benzene rings is 2. The number of para-hydroxylation sites is 1. The molecule has 0 aliphatic carbocycles. The van der Waals surface area contributed by atoms with Crippen molar-refractivity contribution in [2.45, 2.75) is 13.8 Å². The van der Waals surface area contributed by atoms with Crippen molar-refractivity contribution >= 4 is 23.2 Å². The monoisotopic (exact) mass is 348 g/mol. The molecule has 0 spiro atoms. The Labute approximate surface area is 152 Å². The van der Waals surface area contributed by atoms with Crippen LogP contribution in [0.4, 0.5) is 17.3 Å². The van der Waals surface area contributed by atoms with Crippen molar-refractivity contribution in [3.05, 3.63) is 71.3 Å². The van der Waals surface area contributed by atoms with E-state index in [1.807, 2.05) is 24.3 Å². The molecule has 0 radical (unpaired) electrons. The minimum atomic E-state index is -0.299. The number of hydrogen-bond donors (Lipinski definition) is 2. The number of nitrogens with one attached hydrogen (secondary N) is 2. The van der Waals surface area contributed by atoms with E-state index in [0.29, 0.717) is 22.9 Å². The minimum absolute atomic E-state index is 0.299. The lowest BCUT2D eigenvalue weighted by Crippen LogP contribution is -2.14. The Hall–Kier alpha value is -3.41. The number of nitrogens with zero attached hydrogens (tertiary/aromatic N) is 2. The van der Waals surface area contributed by atoms with Gasteiger partial charge in [0.2, 0.25) is 0 Å². The van der Waals surface area contributed by atoms with Crippen molar-refractivity contribution < 1.29 is 9.53 Å². The molecule has 1 aromatic heterocycles. The van der Waals surface area contributed by atoms with Gasteiger partial charge in [-0.2, -0.15) is 0 Å². The second kappa shape index (κ2) is 7.65. The van der Waals surface area contributed by atoms with E-state index < -0.39 is 0 Å². The van der Waals surface area contributed by atoms with Crippen molar-refractivity contribution in [2.75, 3.05) is 17.7 Å². The number of hydrogen-bond acceptors (Lipinski definition) is 5. The number of anilines is 3. The highest BCUT2D eigenvalue weighted by molar-refractivity contribution is 6.05. The lowest BCUT2D eigenvalue weighted by atomic mass is 10.1. The number of carbonyl (C=O) groups excluding carboxylic acids is 1. The highest BCUT2D eigenvalue weighted by Crippen LogP contribution is 2.20. The Balaban J connectivity index is 1.69. The van der Waals surface area contributed by atoms with Crippen LogP contribution in [0.25, 0.3) is 0 Å². The van der Waals surface area contributed by atoms with Gasteiger partial charge in [0.25, 0.3) is 5.91 Å². The molecule has 26 heavy (non-hydrogen) atoms. The first-order chi connectivity index (χ1) is 12.6. The van der Waals surface area contributed by atoms with Gasteiger partial charge in [0, 0.05) is 5.69 Å². The molecule has 0 saturated carbocycles. The van der Waals surface area contributed by atoms with E-state index in [1.54, 1.807) is 30.3 Å². The van der Waals surface area contributed by atoms with Gasteiger partial charge < -0.3 is 15.4 Å². The molecule has 0 unspecified atom stereocenters. The summed E-state index contributed by atoms with van der Waals surface area (Å²) in [5, 5.41) is 14.1. The van der Waals surface area contributed by atoms with Crippen molar-refractivity contribution in [3.8, 4) is 5.75 Å². The third kappa shape index (κ3) is 3.97. The average Bonchev–Trinajstić information content (AvgIpc) is 2.66. The zero-order valence-electron chi connectivity index (χ0n) is 14.9. The average molecular weight is 348 g/mol. The summed E-state index contributed by atoms with van der Waals surface area (Å²) in [6, 6.07) is 16.6. The Bertz CT molecular complexity index is 923. The van der Waals surface area contributed by atoms with Gasteiger partial charge in [-0.3, -0.25) is 4.79 Å². The number of amides is 1. The molecule has 0 bridgehead atoms. The summed E-state index contributed by atoms with van der Waals surface area (Å²) in [7, 11) is 1.53. The SMILES string of the molecule is COc1ccccc1C(=O)Nc1ccc(Nc2ccc(C)c(C)c2)nn1. The van der Waals surface area contributed by atoms with Crippen LogP contribution >= 0.6 is 0 Å². The number of aromatic nitrogens is 2. The Morgan fingerprint density at radius 2 is 1.65 bits per heavy atom. The highest BCUT2D eigenvalue weighted by Gasteiger charge is 2.12. The van der Waals surface area contributed by atoms with Crippen molar-refractivity contribution in [1.82, 2.24) is 10.2 Å². The highest BCUT2D eigenvalue weighted by atomic mass is 16.5. The summed E-state index contributed by atoms with van der Waals surface area (Å²) in [6.45, 7) is 4.13. The predicted octanol–water partition coefficient (Wildman–Crippen LogP) is 4.10. The molecule has 1 amide bonds. The standard InChI is InChI=1S/C20H20N4O2/c1-13-8-9-15(12-14(13)2)21-18-10-11-19(24-23-18)22-20(25)16-6-4-5-7-17(16)26-3/h4-12H,1-3H3,(H,21,23)(H,22,24,25). The van der Waals surface area contributed by atoms with Crippen LogP contribution in [-0.4, -0.2) is 23.2 Å². The van der Waals surface area contributed by atoms with Crippen molar-refractivity contribution in [1.29, 1.82) is 0 Å². The van der Waals surface area contributed by atoms with Gasteiger partial charge in [-0.05, 0) is 61.4 Å². The fourth-order valence-corrected chi connectivity index (χ4v) is 2.45. The maximum Gasteiger partial charge on any atom is 0.260 e. The molecule has 0 aliphatic heterocycles. The van der Waals surface area contributed by atoms with Crippen LogP contribution in [0, 0.1) is 13.8 Å². The molecule has 6 heteroatoms. The molecule has 3 aromatic rings. The van der Waals surface area contributed by atoms with Gasteiger partial charge in [-0.1, -0.05) is 18.2 Å². The molecule has 6 nitrogen and oxygen atoms in total. The van der Waals surface area contributed by atoms with Gasteiger partial charge in [-0.25, -0.2) is 0 Å². The first-order valence-electron chi connectivity index (χ1n) is 8.19. The maximum atomic E-state index is 12.4. The van der Waals surface area contributed by atoms with Crippen molar-refractivity contribution in [2.24, 2.45) is 0 Å². The summed E-state index contributed by atoms with van der Waals surface area (Å²) < 4.78 is 5.20. The van der Waals surface area contributed by atoms with Crippen LogP contribution in [0.1, 0.15) is 21.5 Å². The van der Waals surface area contributed by atoms with E-state index >= 15 is 0 Å². The molecule has 1 heterocycles. The van der Waals surface area contributed by atoms with E-state index in [0.717, 1.165) is 5.69 Å². The molecule has 2 aromatic carbocycles. The quantitative estimate of drug-likeness (QED) is 0.726. The zero-order chi connectivity index (χ0) is 18.5. The number of rotatable bonds is 5. The molecule has 0 atom stereocenters. The summed E-state index contributed by atoms with van der Waals surface area (Å²) in [5.74, 6) is 1.17. The van der Waals surface area contributed by atoms with Crippen LogP contribution < -0.4 is 15.4 Å². The topological polar surface area (TPSA) is 76.1 Å². The lowest BCUT2D eigenvalue weighted by molar-refractivity contribution is 0.102. The Morgan fingerprint density at radius 1 is 0.923 bits per heavy atom. The van der Waals surface area contributed by atoms with Crippen molar-refractivity contribution in [3.63, 3.8) is 0 Å². The first kappa shape index (κ1) is 17.4. The largest absolute Gasteiger partial charge is 0.496 e. The second-order valence-electron chi connectivity index (χ2n) is 5.88. The number of methoxy groups -OCH3 is 1. The Kier molecular flexibility index (Phi) is 5.12. The van der Waals surface area contributed by atoms with Crippen LogP contribution in [0.2, 0.25) is 0 Å². The van der Waals surface area contributed by atoms with E-state index in [2.05, 4.69) is 34.7 Å². The third-order valence-corrected chi connectivity index (χ3v) is 4.04. The number of ether oxygens (including phenoxy) is 1. The fourth-order valence-electron chi connectivity index (χ4n) is 2.45. The maximum absolute atomic E-state index is 12.4. The van der Waals surface area contributed by atoms with E-state index in [9.17, 15) is 4.79 Å². The van der Waals surface area contributed by atoms with E-state index in [1.165, 1.54) is 18.2 Å². The normalized spacial score (nSPS) is 10.3. The Morgan fingerprint density at radius 3 is 2.35 bits per heavy atom. The molecule has 2 N–H and O–H groups in total. The molecule has 132 valence electrons. The van der Waals surface area contributed by atoms with Crippen LogP contribution in [-0.2, 0) is 0 Å². The third-order valence-electron chi connectivity index (χ3n) is 4.04. The number of aryl methyl sites for hydroxylation is 2. The summed E-state index contributed by atoms with van der Waals surface area (Å²) in [5.41, 5.74) is 3.81. The van der Waals surface area contributed by atoms with E-state index in [4.69, 9.17) is 4.74 Å². The first-order valence-corrected chi connectivity index (χ1v) is 8.19. The molecule has 0 saturated heterocycles. The van der Waals surface area contributed by atoms with Crippen LogP contribution in [0.3, 0.4) is 0 Å². The molecule has 0 aliphatic rings. The van der Waals surface area contributed by atoms with Crippen LogP contribution in [0.15, 0.2) is 54.6 Å². The van der Waals surface area contributed by atoms with Gasteiger partial charge in [0.1, 0.15) is 5.75 Å². The van der Waals surface area contributed by atoms with Gasteiger partial charge in [-0.15, -0.1) is 10.2 Å².